The van der Waals surface area contributed by atoms with E-state index >= 15 is 0 Å². The third-order valence-electron chi connectivity index (χ3n) is 4.98. The number of hydrogen-bond acceptors (Lipinski definition) is 3. The molecular weight excluding hydrogens is 340 g/mol. The largest absolute Gasteiger partial charge is 0.341 e. The molecular formula is C22H24N2O3. The zero-order valence-electron chi connectivity index (χ0n) is 16.0. The topological polar surface area (TPSA) is 57.7 Å². The van der Waals surface area contributed by atoms with E-state index in [0.717, 1.165) is 5.56 Å². The Hall–Kier alpha value is -2.95. The molecule has 0 atom stereocenters. The van der Waals surface area contributed by atoms with Crippen LogP contribution >= 0.6 is 0 Å². The number of benzene rings is 2. The molecule has 2 aromatic carbocycles. The summed E-state index contributed by atoms with van der Waals surface area (Å²) < 4.78 is 0. The van der Waals surface area contributed by atoms with Crippen molar-refractivity contribution in [1.29, 1.82) is 0 Å². The first-order valence-corrected chi connectivity index (χ1v) is 9.14. The van der Waals surface area contributed by atoms with Gasteiger partial charge in [-0.1, -0.05) is 35.9 Å². The average molecular weight is 364 g/mol. The van der Waals surface area contributed by atoms with Crippen LogP contribution in [-0.4, -0.2) is 41.1 Å². The molecule has 27 heavy (non-hydrogen) atoms. The van der Waals surface area contributed by atoms with E-state index in [1.54, 1.807) is 36.2 Å². The molecule has 3 amide bonds. The van der Waals surface area contributed by atoms with Crippen molar-refractivity contribution in [2.75, 3.05) is 13.6 Å². The highest BCUT2D eigenvalue weighted by molar-refractivity contribution is 6.21. The second kappa shape index (κ2) is 7.74. The van der Waals surface area contributed by atoms with Gasteiger partial charge in [-0.05, 0) is 43.5 Å². The van der Waals surface area contributed by atoms with Gasteiger partial charge in [0.2, 0.25) is 5.91 Å². The van der Waals surface area contributed by atoms with Crippen LogP contribution in [0.3, 0.4) is 0 Å². The minimum absolute atomic E-state index is 0.00610. The van der Waals surface area contributed by atoms with Gasteiger partial charge in [0.25, 0.3) is 11.8 Å². The van der Waals surface area contributed by atoms with E-state index in [-0.39, 0.29) is 24.3 Å². The summed E-state index contributed by atoms with van der Waals surface area (Å²) in [6, 6.07) is 13.0. The maximum absolute atomic E-state index is 12.4. The molecule has 0 spiro atoms. The summed E-state index contributed by atoms with van der Waals surface area (Å²) in [5.74, 6) is -0.537. The lowest BCUT2D eigenvalue weighted by atomic mass is 10.1. The van der Waals surface area contributed by atoms with Gasteiger partial charge >= 0.3 is 0 Å². The first kappa shape index (κ1) is 18.8. The first-order valence-electron chi connectivity index (χ1n) is 9.14. The maximum Gasteiger partial charge on any atom is 0.261 e. The second-order valence-corrected chi connectivity index (χ2v) is 7.09. The van der Waals surface area contributed by atoms with Crippen LogP contribution in [-0.2, 0) is 11.3 Å². The first-order chi connectivity index (χ1) is 12.9. The molecule has 5 heteroatoms. The van der Waals surface area contributed by atoms with E-state index in [1.165, 1.54) is 16.0 Å². The monoisotopic (exact) mass is 364 g/mol. The van der Waals surface area contributed by atoms with Crippen LogP contribution in [0.15, 0.2) is 42.5 Å². The molecule has 0 aliphatic carbocycles. The van der Waals surface area contributed by atoms with Crippen LogP contribution in [0.2, 0.25) is 0 Å². The van der Waals surface area contributed by atoms with E-state index in [0.29, 0.717) is 30.5 Å². The van der Waals surface area contributed by atoms with Crippen molar-refractivity contribution in [2.24, 2.45) is 0 Å². The zero-order chi connectivity index (χ0) is 19.6. The van der Waals surface area contributed by atoms with Crippen LogP contribution in [0, 0.1) is 13.8 Å². The highest BCUT2D eigenvalue weighted by Gasteiger charge is 2.34. The van der Waals surface area contributed by atoms with Gasteiger partial charge in [0.15, 0.2) is 0 Å². The van der Waals surface area contributed by atoms with Crippen LogP contribution in [0.1, 0.15) is 50.2 Å². The lowest BCUT2D eigenvalue weighted by Gasteiger charge is -2.20. The molecule has 0 N–H and O–H groups in total. The van der Waals surface area contributed by atoms with Gasteiger partial charge in [-0.15, -0.1) is 0 Å². The van der Waals surface area contributed by atoms with E-state index in [2.05, 4.69) is 6.07 Å². The molecule has 3 rings (SSSR count). The molecule has 0 saturated carbocycles. The standard InChI is InChI=1S/C22H24N2O3/c1-15-10-11-17(16(2)13-15)14-23(3)20(25)9-6-12-24-21(26)18-7-4-5-8-19(18)22(24)27/h4-5,7-8,10-11,13H,6,9,12,14H2,1-3H3. The summed E-state index contributed by atoms with van der Waals surface area (Å²) in [5, 5.41) is 0. The highest BCUT2D eigenvalue weighted by atomic mass is 16.2. The van der Waals surface area contributed by atoms with Crippen LogP contribution < -0.4 is 0 Å². The number of aryl methyl sites for hydroxylation is 2. The molecule has 0 radical (unpaired) electrons. The summed E-state index contributed by atoms with van der Waals surface area (Å²) in [7, 11) is 1.78. The number of rotatable bonds is 6. The molecule has 0 aromatic heterocycles. The molecule has 1 aliphatic heterocycles. The summed E-state index contributed by atoms with van der Waals surface area (Å²) in [4.78, 5) is 40.0. The maximum atomic E-state index is 12.4. The fourth-order valence-corrected chi connectivity index (χ4v) is 3.39. The van der Waals surface area contributed by atoms with Gasteiger partial charge < -0.3 is 4.90 Å². The Morgan fingerprint density at radius 3 is 2.22 bits per heavy atom. The van der Waals surface area contributed by atoms with Gasteiger partial charge in [0.05, 0.1) is 11.1 Å². The Labute approximate surface area is 159 Å². The number of fused-ring (bicyclic) bond motifs is 1. The lowest BCUT2D eigenvalue weighted by molar-refractivity contribution is -0.130. The fourth-order valence-electron chi connectivity index (χ4n) is 3.39. The van der Waals surface area contributed by atoms with E-state index < -0.39 is 0 Å². The Kier molecular flexibility index (Phi) is 5.40. The second-order valence-electron chi connectivity index (χ2n) is 7.09. The Bertz CT molecular complexity index is 869. The molecule has 1 heterocycles. The van der Waals surface area contributed by atoms with E-state index in [4.69, 9.17) is 0 Å². The number of carbonyl (C=O) groups excluding carboxylic acids is 3. The summed E-state index contributed by atoms with van der Waals surface area (Å²) in [5.41, 5.74) is 4.38. The van der Waals surface area contributed by atoms with Crippen molar-refractivity contribution in [3.63, 3.8) is 0 Å². The van der Waals surface area contributed by atoms with E-state index in [9.17, 15) is 14.4 Å². The van der Waals surface area contributed by atoms with Gasteiger partial charge in [-0.2, -0.15) is 0 Å². The minimum atomic E-state index is -0.272. The summed E-state index contributed by atoms with van der Waals surface area (Å²) in [6.07, 6.45) is 0.760. The SMILES string of the molecule is Cc1ccc(CN(C)C(=O)CCCN2C(=O)c3ccccc3C2=O)c(C)c1. The van der Waals surface area contributed by atoms with Crippen molar-refractivity contribution in [3.05, 3.63) is 70.3 Å². The third-order valence-corrected chi connectivity index (χ3v) is 4.98. The fraction of sp³-hybridized carbons (Fsp3) is 0.318. The molecule has 2 aromatic rings. The van der Waals surface area contributed by atoms with Gasteiger partial charge in [-0.25, -0.2) is 0 Å². The lowest BCUT2D eigenvalue weighted by Crippen LogP contribution is -2.32. The van der Waals surface area contributed by atoms with Crippen molar-refractivity contribution in [2.45, 2.75) is 33.2 Å². The predicted octanol–water partition coefficient (Wildman–Crippen LogP) is 3.34. The molecule has 0 saturated heterocycles. The Morgan fingerprint density at radius 1 is 1.00 bits per heavy atom. The summed E-state index contributed by atoms with van der Waals surface area (Å²) in [6.45, 7) is 4.90. The van der Waals surface area contributed by atoms with Gasteiger partial charge in [0, 0.05) is 26.6 Å². The highest BCUT2D eigenvalue weighted by Crippen LogP contribution is 2.22. The Balaban J connectivity index is 1.52. The van der Waals surface area contributed by atoms with Gasteiger partial charge in [-0.3, -0.25) is 19.3 Å². The number of hydrogen-bond donors (Lipinski definition) is 0. The minimum Gasteiger partial charge on any atom is -0.341 e. The Morgan fingerprint density at radius 2 is 1.63 bits per heavy atom. The molecule has 140 valence electrons. The normalized spacial score (nSPS) is 13.1. The van der Waals surface area contributed by atoms with Crippen LogP contribution in [0.25, 0.3) is 0 Å². The molecule has 0 fully saturated rings. The molecule has 0 bridgehead atoms. The van der Waals surface area contributed by atoms with Crippen molar-refractivity contribution in [3.8, 4) is 0 Å². The number of amides is 3. The quantitative estimate of drug-likeness (QED) is 0.739. The zero-order valence-corrected chi connectivity index (χ0v) is 16.0. The van der Waals surface area contributed by atoms with Gasteiger partial charge in [0.1, 0.15) is 0 Å². The van der Waals surface area contributed by atoms with Crippen molar-refractivity contribution in [1.82, 2.24) is 9.80 Å². The van der Waals surface area contributed by atoms with Crippen molar-refractivity contribution >= 4 is 17.7 Å². The number of imide groups is 1. The summed E-state index contributed by atoms with van der Waals surface area (Å²) >= 11 is 0. The molecule has 5 nitrogen and oxygen atoms in total. The molecule has 0 unspecified atom stereocenters. The third kappa shape index (κ3) is 3.92. The number of nitrogens with zero attached hydrogens (tertiary/aromatic N) is 2. The van der Waals surface area contributed by atoms with Crippen LogP contribution in [0.5, 0.6) is 0 Å². The van der Waals surface area contributed by atoms with Crippen molar-refractivity contribution < 1.29 is 14.4 Å². The molecule has 1 aliphatic rings. The predicted molar refractivity (Wildman–Crippen MR) is 103 cm³/mol. The number of carbonyl (C=O) groups is 3. The average Bonchev–Trinajstić information content (AvgIpc) is 2.89. The van der Waals surface area contributed by atoms with Crippen LogP contribution in [0.4, 0.5) is 0 Å². The van der Waals surface area contributed by atoms with E-state index in [1.807, 2.05) is 26.0 Å². The smallest absolute Gasteiger partial charge is 0.261 e.